The third kappa shape index (κ3) is 5.98. The van der Waals surface area contributed by atoms with Gasteiger partial charge in [0.2, 0.25) is 5.91 Å². The van der Waals surface area contributed by atoms with Crippen molar-refractivity contribution in [2.75, 3.05) is 10.2 Å². The summed E-state index contributed by atoms with van der Waals surface area (Å²) in [6, 6.07) is 9.99. The summed E-state index contributed by atoms with van der Waals surface area (Å²) >= 11 is 0. The minimum absolute atomic E-state index is 0.00571. The van der Waals surface area contributed by atoms with E-state index in [4.69, 9.17) is 0 Å². The lowest BCUT2D eigenvalue weighted by atomic mass is 9.85. The molecule has 0 aliphatic carbocycles. The van der Waals surface area contributed by atoms with Gasteiger partial charge in [0.05, 0.1) is 12.2 Å². The van der Waals surface area contributed by atoms with Gasteiger partial charge in [0.25, 0.3) is 0 Å². The predicted octanol–water partition coefficient (Wildman–Crippen LogP) is 5.62. The van der Waals surface area contributed by atoms with Gasteiger partial charge in [0, 0.05) is 49.2 Å². The smallest absolute Gasteiger partial charge is 0.404 e. The molecule has 3 atom stereocenters. The number of amides is 2. The fraction of sp³-hybridized carbons (Fsp3) is 0.448. The molecule has 0 saturated heterocycles. The highest BCUT2D eigenvalue weighted by Crippen LogP contribution is 2.41. The number of carbonyl (C=O) groups excluding carboxylic acids is 1. The molecule has 38 heavy (non-hydrogen) atoms. The van der Waals surface area contributed by atoms with E-state index in [2.05, 4.69) is 33.7 Å². The van der Waals surface area contributed by atoms with Gasteiger partial charge in [-0.05, 0) is 67.0 Å². The first-order valence-electron chi connectivity index (χ1n) is 13.1. The quantitative estimate of drug-likeness (QED) is 0.374. The highest BCUT2D eigenvalue weighted by atomic mass is 16.4. The van der Waals surface area contributed by atoms with Crippen molar-refractivity contribution in [1.82, 2.24) is 20.1 Å². The molecule has 0 spiro atoms. The van der Waals surface area contributed by atoms with E-state index in [1.807, 2.05) is 73.9 Å². The van der Waals surface area contributed by atoms with Crippen LogP contribution in [0.4, 0.5) is 16.3 Å². The third-order valence-corrected chi connectivity index (χ3v) is 7.30. The topological polar surface area (TPSA) is 112 Å². The summed E-state index contributed by atoms with van der Waals surface area (Å²) in [6.45, 7) is 12.4. The van der Waals surface area contributed by atoms with Gasteiger partial charge < -0.3 is 20.6 Å². The molecule has 2 amide bonds. The van der Waals surface area contributed by atoms with Crippen LogP contribution in [0, 0.1) is 12.3 Å². The number of pyridine rings is 1. The van der Waals surface area contributed by atoms with Gasteiger partial charge in [-0.1, -0.05) is 32.9 Å². The lowest BCUT2D eigenvalue weighted by Crippen LogP contribution is -2.43. The summed E-state index contributed by atoms with van der Waals surface area (Å²) in [4.78, 5) is 30.2. The van der Waals surface area contributed by atoms with E-state index < -0.39 is 6.09 Å². The Balaban J connectivity index is 1.61. The van der Waals surface area contributed by atoms with E-state index in [-0.39, 0.29) is 29.4 Å². The molecule has 0 radical (unpaired) electrons. The van der Waals surface area contributed by atoms with Crippen LogP contribution in [0.5, 0.6) is 0 Å². The van der Waals surface area contributed by atoms with E-state index in [9.17, 15) is 14.7 Å². The van der Waals surface area contributed by atoms with Crippen LogP contribution in [0.15, 0.2) is 48.9 Å². The van der Waals surface area contributed by atoms with Crippen LogP contribution in [0.2, 0.25) is 0 Å². The first-order chi connectivity index (χ1) is 17.9. The van der Waals surface area contributed by atoms with Crippen molar-refractivity contribution in [3.05, 3.63) is 60.0 Å². The predicted molar refractivity (Wildman–Crippen MR) is 149 cm³/mol. The maximum absolute atomic E-state index is 12.6. The molecule has 3 N–H and O–H groups in total. The maximum Gasteiger partial charge on any atom is 0.404 e. The number of fused-ring (bicyclic) bond motifs is 1. The van der Waals surface area contributed by atoms with Crippen molar-refractivity contribution < 1.29 is 14.7 Å². The molecule has 4 rings (SSSR count). The van der Waals surface area contributed by atoms with Crippen LogP contribution >= 0.6 is 0 Å². The normalized spacial score (nSPS) is 18.0. The zero-order valence-electron chi connectivity index (χ0n) is 23.0. The number of aromatic nitrogens is 3. The molecule has 0 bridgehead atoms. The Morgan fingerprint density at radius 3 is 2.63 bits per heavy atom. The number of aryl methyl sites for hydroxylation is 2. The minimum Gasteiger partial charge on any atom is -0.465 e. The van der Waals surface area contributed by atoms with Crippen molar-refractivity contribution >= 4 is 23.5 Å². The number of hydrogen-bond donors (Lipinski definition) is 3. The average molecular weight is 519 g/mol. The van der Waals surface area contributed by atoms with Crippen LogP contribution in [-0.4, -0.2) is 44.0 Å². The van der Waals surface area contributed by atoms with Gasteiger partial charge in [-0.3, -0.25) is 9.48 Å². The van der Waals surface area contributed by atoms with E-state index >= 15 is 0 Å². The van der Waals surface area contributed by atoms with Gasteiger partial charge in [-0.2, -0.15) is 5.10 Å². The first-order valence-corrected chi connectivity index (χ1v) is 13.1. The molecule has 3 aromatic rings. The lowest BCUT2D eigenvalue weighted by molar-refractivity contribution is -0.117. The number of anilines is 2. The molecule has 1 unspecified atom stereocenters. The van der Waals surface area contributed by atoms with Gasteiger partial charge >= 0.3 is 6.09 Å². The van der Waals surface area contributed by atoms with Gasteiger partial charge in [-0.25, -0.2) is 9.78 Å². The van der Waals surface area contributed by atoms with Gasteiger partial charge in [-0.15, -0.1) is 0 Å². The molecule has 1 aromatic carbocycles. The van der Waals surface area contributed by atoms with Gasteiger partial charge in [0.1, 0.15) is 5.82 Å². The number of nitrogens with one attached hydrogen (secondary N) is 2. The van der Waals surface area contributed by atoms with E-state index in [1.54, 1.807) is 13.1 Å². The summed E-state index contributed by atoms with van der Waals surface area (Å²) in [5.74, 6) is 0.865. The molecule has 0 fully saturated rings. The Kier molecular flexibility index (Phi) is 7.76. The van der Waals surface area contributed by atoms with Crippen molar-refractivity contribution in [2.24, 2.45) is 5.41 Å². The molecule has 0 saturated carbocycles. The number of rotatable bonds is 7. The summed E-state index contributed by atoms with van der Waals surface area (Å²) in [6.07, 6.45) is 5.97. The summed E-state index contributed by atoms with van der Waals surface area (Å²) in [5, 5.41) is 20.0. The van der Waals surface area contributed by atoms with Crippen molar-refractivity contribution in [2.45, 2.75) is 79.1 Å². The summed E-state index contributed by atoms with van der Waals surface area (Å²) in [7, 11) is 0. The Morgan fingerprint density at radius 2 is 1.97 bits per heavy atom. The van der Waals surface area contributed by atoms with E-state index in [0.717, 1.165) is 40.2 Å². The van der Waals surface area contributed by atoms with Crippen LogP contribution in [-0.2, 0) is 11.3 Å². The van der Waals surface area contributed by atoms with Crippen molar-refractivity contribution in [3.63, 3.8) is 0 Å². The van der Waals surface area contributed by atoms with E-state index in [0.29, 0.717) is 13.0 Å². The van der Waals surface area contributed by atoms with Crippen LogP contribution < -0.4 is 15.5 Å². The highest BCUT2D eigenvalue weighted by Gasteiger charge is 2.33. The molecule has 1 aliphatic heterocycles. The van der Waals surface area contributed by atoms with Crippen molar-refractivity contribution in [3.8, 4) is 11.1 Å². The largest absolute Gasteiger partial charge is 0.465 e. The Morgan fingerprint density at radius 1 is 1.21 bits per heavy atom. The van der Waals surface area contributed by atoms with Gasteiger partial charge in [0.15, 0.2) is 0 Å². The second kappa shape index (κ2) is 10.8. The first kappa shape index (κ1) is 27.2. The Labute approximate surface area is 224 Å². The molecule has 3 heterocycles. The second-order valence-corrected chi connectivity index (χ2v) is 11.3. The Hall–Kier alpha value is -3.88. The molecular formula is C29H38N6O3. The molecular weight excluding hydrogens is 480 g/mol. The van der Waals surface area contributed by atoms with Crippen molar-refractivity contribution in [1.29, 1.82) is 0 Å². The lowest BCUT2D eigenvalue weighted by Gasteiger charge is -2.39. The Bertz CT molecular complexity index is 1310. The zero-order chi connectivity index (χ0) is 27.6. The summed E-state index contributed by atoms with van der Waals surface area (Å²) in [5.41, 5.74) is 4.79. The average Bonchev–Trinajstić information content (AvgIpc) is 3.31. The third-order valence-electron chi connectivity index (χ3n) is 7.30. The van der Waals surface area contributed by atoms with Crippen LogP contribution in [0.3, 0.4) is 0 Å². The molecule has 9 nitrogen and oxygen atoms in total. The number of benzene rings is 1. The minimum atomic E-state index is -1.02. The summed E-state index contributed by atoms with van der Waals surface area (Å²) < 4.78 is 1.86. The fourth-order valence-electron chi connectivity index (χ4n) is 5.23. The maximum atomic E-state index is 12.6. The molecule has 1 aliphatic rings. The molecule has 202 valence electrons. The molecule has 9 heteroatoms. The number of carboxylic acid groups (broad SMARTS) is 1. The van der Waals surface area contributed by atoms with Crippen LogP contribution in [0.25, 0.3) is 11.1 Å². The van der Waals surface area contributed by atoms with E-state index in [1.165, 1.54) is 0 Å². The molecule has 2 aromatic heterocycles. The number of hydrogen-bond acceptors (Lipinski definition) is 5. The number of carbonyl (C=O) groups is 2. The highest BCUT2D eigenvalue weighted by molar-refractivity contribution is 5.94. The number of nitrogens with zero attached hydrogens (tertiary/aromatic N) is 4. The fourth-order valence-corrected chi connectivity index (χ4v) is 5.23. The zero-order valence-corrected chi connectivity index (χ0v) is 23.0. The monoisotopic (exact) mass is 518 g/mol. The van der Waals surface area contributed by atoms with Crippen LogP contribution in [0.1, 0.15) is 64.6 Å². The SMILES string of the molecule is CC(=O)N1c2ccc(-c3cnn(CCC(NC(=O)O)C(C)(C)C)c3)cc2[C@H](Nc2ncccc2C)C[C@@H]1C. The second-order valence-electron chi connectivity index (χ2n) is 11.3. The standard InChI is InChI=1S/C29H38N6O3/c1-18-8-7-12-30-27(18)32-24-14-19(2)35(20(3)36)25-10-9-21(15-23(24)25)22-16-31-34(17-22)13-11-26(29(4,5)6)33-28(37)38/h7-10,12,15-17,19,24,26,33H,11,13-14H2,1-6H3,(H,30,32)(H,37,38)/t19-,24+,26?/m0/s1.